The highest BCUT2D eigenvalue weighted by atomic mass is 19.4. The van der Waals surface area contributed by atoms with Crippen molar-refractivity contribution in [2.75, 3.05) is 13.1 Å². The highest BCUT2D eigenvalue weighted by molar-refractivity contribution is 5.73. The number of piperidine rings is 1. The zero-order valence-corrected chi connectivity index (χ0v) is 11.6. The predicted molar refractivity (Wildman–Crippen MR) is 72.4 cm³/mol. The van der Waals surface area contributed by atoms with E-state index in [9.17, 15) is 13.2 Å². The van der Waals surface area contributed by atoms with Crippen LogP contribution in [0.5, 0.6) is 0 Å². The second kappa shape index (κ2) is 8.63. The third-order valence-electron chi connectivity index (χ3n) is 2.95. The Kier molecular flexibility index (Phi) is 7.18. The molecule has 1 aliphatic rings. The molecule has 0 bridgehead atoms. The van der Waals surface area contributed by atoms with Crippen LogP contribution in [0.2, 0.25) is 0 Å². The van der Waals surface area contributed by atoms with Gasteiger partial charge in [-0.05, 0) is 18.4 Å². The summed E-state index contributed by atoms with van der Waals surface area (Å²) in [4.78, 5) is 8.90. The molecule has 21 heavy (non-hydrogen) atoms. The fraction of sp³-hybridized carbons (Fsp3) is 0.500. The summed E-state index contributed by atoms with van der Waals surface area (Å²) in [6.45, 7) is 3.36. The predicted octanol–water partition coefficient (Wildman–Crippen LogP) is 2.81. The normalized spacial score (nSPS) is 16.0. The Labute approximate surface area is 121 Å². The highest BCUT2D eigenvalue weighted by Crippen LogP contribution is 2.13. The topological polar surface area (TPSA) is 52.6 Å². The van der Waals surface area contributed by atoms with Gasteiger partial charge in [-0.15, -0.1) is 0 Å². The van der Waals surface area contributed by atoms with E-state index >= 15 is 0 Å². The summed E-state index contributed by atoms with van der Waals surface area (Å²) in [7, 11) is 0. The van der Waals surface area contributed by atoms with Gasteiger partial charge in [0.05, 0.1) is 0 Å². The Morgan fingerprint density at radius 1 is 1.14 bits per heavy atom. The first-order valence-corrected chi connectivity index (χ1v) is 6.72. The van der Waals surface area contributed by atoms with Gasteiger partial charge in [0, 0.05) is 19.6 Å². The maximum Gasteiger partial charge on any atom is 0.490 e. The van der Waals surface area contributed by atoms with E-state index < -0.39 is 12.1 Å². The van der Waals surface area contributed by atoms with Crippen LogP contribution in [0.1, 0.15) is 24.8 Å². The molecule has 7 heteroatoms. The minimum Gasteiger partial charge on any atom is -0.475 e. The van der Waals surface area contributed by atoms with Crippen molar-refractivity contribution in [2.24, 2.45) is 0 Å². The number of aliphatic carboxylic acids is 1. The van der Waals surface area contributed by atoms with Crippen LogP contribution in [0.4, 0.5) is 13.2 Å². The Balaban J connectivity index is 0.000000270. The molecule has 1 heterocycles. The highest BCUT2D eigenvalue weighted by Gasteiger charge is 2.38. The molecule has 2 rings (SSSR count). The minimum absolute atomic E-state index is 0.959. The molecule has 0 radical (unpaired) electrons. The van der Waals surface area contributed by atoms with Crippen molar-refractivity contribution in [3.05, 3.63) is 35.9 Å². The lowest BCUT2D eigenvalue weighted by atomic mass is 10.2. The summed E-state index contributed by atoms with van der Waals surface area (Å²) in [5.41, 5.74) is 4.83. The molecule has 118 valence electrons. The summed E-state index contributed by atoms with van der Waals surface area (Å²) in [6.07, 6.45) is -1.02. The number of carbonyl (C=O) groups is 1. The maximum atomic E-state index is 10.6. The number of hydrogen-bond donors (Lipinski definition) is 2. The van der Waals surface area contributed by atoms with Gasteiger partial charge in [-0.3, -0.25) is 5.43 Å². The van der Waals surface area contributed by atoms with Crippen molar-refractivity contribution >= 4 is 5.97 Å². The first kappa shape index (κ1) is 17.5. The zero-order chi connectivity index (χ0) is 15.7. The number of halogens is 3. The molecule has 0 spiro atoms. The molecule has 4 nitrogen and oxygen atoms in total. The van der Waals surface area contributed by atoms with Crippen molar-refractivity contribution in [3.63, 3.8) is 0 Å². The van der Waals surface area contributed by atoms with Crippen LogP contribution in [0.15, 0.2) is 30.3 Å². The first-order valence-electron chi connectivity index (χ1n) is 6.72. The van der Waals surface area contributed by atoms with Crippen LogP contribution in [0, 0.1) is 0 Å². The molecule has 1 aliphatic heterocycles. The van der Waals surface area contributed by atoms with Crippen LogP contribution >= 0.6 is 0 Å². The number of nitrogens with zero attached hydrogens (tertiary/aromatic N) is 1. The van der Waals surface area contributed by atoms with Crippen LogP contribution in [-0.4, -0.2) is 35.4 Å². The van der Waals surface area contributed by atoms with Gasteiger partial charge in [-0.1, -0.05) is 36.8 Å². The molecule has 1 aromatic carbocycles. The van der Waals surface area contributed by atoms with E-state index in [1.54, 1.807) is 0 Å². The summed E-state index contributed by atoms with van der Waals surface area (Å²) in [5.74, 6) is -2.76. The number of hydrazine groups is 1. The van der Waals surface area contributed by atoms with Crippen molar-refractivity contribution in [3.8, 4) is 0 Å². The number of alkyl halides is 3. The molecule has 1 aromatic rings. The van der Waals surface area contributed by atoms with Gasteiger partial charge in [0.2, 0.25) is 0 Å². The number of carboxylic acid groups (broad SMARTS) is 1. The molecular formula is C14H19F3N2O2. The van der Waals surface area contributed by atoms with E-state index in [-0.39, 0.29) is 0 Å². The fourth-order valence-corrected chi connectivity index (χ4v) is 1.85. The number of benzene rings is 1. The third kappa shape index (κ3) is 7.67. The second-order valence-electron chi connectivity index (χ2n) is 4.67. The van der Waals surface area contributed by atoms with Gasteiger partial charge in [-0.2, -0.15) is 13.2 Å². The van der Waals surface area contributed by atoms with E-state index in [1.165, 1.54) is 37.9 Å². The minimum atomic E-state index is -5.08. The lowest BCUT2D eigenvalue weighted by Gasteiger charge is -2.27. The Hall–Kier alpha value is -1.60. The molecule has 0 amide bonds. The number of carboxylic acids is 1. The van der Waals surface area contributed by atoms with E-state index in [0.29, 0.717) is 0 Å². The average molecular weight is 304 g/mol. The molecule has 1 fully saturated rings. The van der Waals surface area contributed by atoms with E-state index in [0.717, 1.165) is 6.54 Å². The van der Waals surface area contributed by atoms with Gasteiger partial charge in [0.25, 0.3) is 0 Å². The summed E-state index contributed by atoms with van der Waals surface area (Å²) < 4.78 is 31.7. The lowest BCUT2D eigenvalue weighted by Crippen LogP contribution is -2.41. The quantitative estimate of drug-likeness (QED) is 0.901. The SMILES string of the molecule is O=C(O)C(F)(F)F.c1ccc(CNN2CCCCC2)cc1. The molecule has 0 aromatic heterocycles. The van der Waals surface area contributed by atoms with Gasteiger partial charge in [-0.25, -0.2) is 9.80 Å². The Morgan fingerprint density at radius 2 is 1.67 bits per heavy atom. The lowest BCUT2D eigenvalue weighted by molar-refractivity contribution is -0.192. The number of nitrogens with one attached hydrogen (secondary N) is 1. The van der Waals surface area contributed by atoms with Gasteiger partial charge in [0.15, 0.2) is 0 Å². The van der Waals surface area contributed by atoms with Crippen molar-refractivity contribution in [1.82, 2.24) is 10.4 Å². The van der Waals surface area contributed by atoms with Crippen molar-refractivity contribution < 1.29 is 23.1 Å². The summed E-state index contributed by atoms with van der Waals surface area (Å²) in [5, 5.41) is 9.47. The van der Waals surface area contributed by atoms with Crippen molar-refractivity contribution in [1.29, 1.82) is 0 Å². The summed E-state index contributed by atoms with van der Waals surface area (Å²) in [6, 6.07) is 10.6. The largest absolute Gasteiger partial charge is 0.490 e. The van der Waals surface area contributed by atoms with E-state index in [1.807, 2.05) is 0 Å². The van der Waals surface area contributed by atoms with E-state index in [2.05, 4.69) is 40.8 Å². The molecule has 2 N–H and O–H groups in total. The van der Waals surface area contributed by atoms with Gasteiger partial charge >= 0.3 is 12.1 Å². The number of hydrogen-bond acceptors (Lipinski definition) is 3. The standard InChI is InChI=1S/C12H18N2.C2HF3O2/c1-3-7-12(8-4-1)11-13-14-9-5-2-6-10-14;3-2(4,5)1(6)7/h1,3-4,7-8,13H,2,5-6,9-11H2;(H,6,7). The van der Waals surface area contributed by atoms with Gasteiger partial charge in [0.1, 0.15) is 0 Å². The molecule has 0 saturated carbocycles. The van der Waals surface area contributed by atoms with Crippen LogP contribution in [-0.2, 0) is 11.3 Å². The van der Waals surface area contributed by atoms with Crippen LogP contribution in [0.3, 0.4) is 0 Å². The monoisotopic (exact) mass is 304 g/mol. The van der Waals surface area contributed by atoms with Crippen LogP contribution in [0.25, 0.3) is 0 Å². The maximum absolute atomic E-state index is 10.6. The number of rotatable bonds is 3. The first-order chi connectivity index (χ1) is 9.89. The Morgan fingerprint density at radius 3 is 2.14 bits per heavy atom. The Bertz CT molecular complexity index is 418. The summed E-state index contributed by atoms with van der Waals surface area (Å²) >= 11 is 0. The second-order valence-corrected chi connectivity index (χ2v) is 4.67. The molecule has 0 atom stereocenters. The molecule has 0 aliphatic carbocycles. The third-order valence-corrected chi connectivity index (χ3v) is 2.95. The van der Waals surface area contributed by atoms with Crippen molar-refractivity contribution in [2.45, 2.75) is 32.0 Å². The molecular weight excluding hydrogens is 285 g/mol. The van der Waals surface area contributed by atoms with Gasteiger partial charge < -0.3 is 5.11 Å². The fourth-order valence-electron chi connectivity index (χ4n) is 1.85. The van der Waals surface area contributed by atoms with Crippen LogP contribution < -0.4 is 5.43 Å². The van der Waals surface area contributed by atoms with E-state index in [4.69, 9.17) is 9.90 Å². The molecule has 0 unspecified atom stereocenters. The average Bonchev–Trinajstić information content (AvgIpc) is 2.47. The molecule has 1 saturated heterocycles. The zero-order valence-electron chi connectivity index (χ0n) is 11.6. The smallest absolute Gasteiger partial charge is 0.475 e.